The van der Waals surface area contributed by atoms with Gasteiger partial charge in [-0.3, -0.25) is 9.59 Å². The third kappa shape index (κ3) is 7.13. The Hall–Kier alpha value is -4.40. The van der Waals surface area contributed by atoms with Crippen molar-refractivity contribution in [3.63, 3.8) is 0 Å². The number of nitrogens with one attached hydrogen (secondary N) is 1. The van der Waals surface area contributed by atoms with Crippen LogP contribution in [0.3, 0.4) is 0 Å². The van der Waals surface area contributed by atoms with Crippen molar-refractivity contribution in [2.24, 2.45) is 17.8 Å². The van der Waals surface area contributed by atoms with Gasteiger partial charge < -0.3 is 14.8 Å². The zero-order valence-electron chi connectivity index (χ0n) is 21.7. The van der Waals surface area contributed by atoms with Crippen LogP contribution in [0.1, 0.15) is 35.2 Å². The average molecular weight is 518 g/mol. The van der Waals surface area contributed by atoms with Crippen molar-refractivity contribution in [1.29, 1.82) is 0 Å². The summed E-state index contributed by atoms with van der Waals surface area (Å²) in [7, 11) is 0. The summed E-state index contributed by atoms with van der Waals surface area (Å²) in [5.74, 6) is 1.12. The van der Waals surface area contributed by atoms with E-state index >= 15 is 0 Å². The first-order valence-corrected chi connectivity index (χ1v) is 13.3. The molecule has 1 aliphatic rings. The van der Waals surface area contributed by atoms with Crippen molar-refractivity contribution in [1.82, 2.24) is 0 Å². The van der Waals surface area contributed by atoms with Gasteiger partial charge in [0.2, 0.25) is 5.91 Å². The molecule has 5 nitrogen and oxygen atoms in total. The van der Waals surface area contributed by atoms with Gasteiger partial charge in [-0.25, -0.2) is 0 Å². The van der Waals surface area contributed by atoms with Gasteiger partial charge in [-0.15, -0.1) is 0 Å². The lowest BCUT2D eigenvalue weighted by Crippen LogP contribution is -2.38. The summed E-state index contributed by atoms with van der Waals surface area (Å²) in [5, 5.41) is 3.04. The Morgan fingerprint density at radius 1 is 0.846 bits per heavy atom. The van der Waals surface area contributed by atoms with Crippen LogP contribution in [0.5, 0.6) is 11.5 Å². The highest BCUT2D eigenvalue weighted by atomic mass is 16.5. The van der Waals surface area contributed by atoms with Crippen molar-refractivity contribution in [2.75, 3.05) is 11.9 Å². The number of amides is 1. The van der Waals surface area contributed by atoms with E-state index < -0.39 is 0 Å². The van der Waals surface area contributed by atoms with E-state index in [1.807, 2.05) is 84.9 Å². The number of hydrogen-bond donors (Lipinski definition) is 1. The van der Waals surface area contributed by atoms with Crippen LogP contribution in [0.2, 0.25) is 0 Å². The summed E-state index contributed by atoms with van der Waals surface area (Å²) in [4.78, 5) is 26.5. The maximum absolute atomic E-state index is 13.4. The fourth-order valence-electron chi connectivity index (χ4n) is 4.90. The molecule has 4 aromatic rings. The minimum absolute atomic E-state index is 0.0837. The molecule has 4 aromatic carbocycles. The van der Waals surface area contributed by atoms with Gasteiger partial charge in [0.05, 0.1) is 19.1 Å². The number of carbonyl (C=O) groups is 2. The number of benzene rings is 3. The molecular weight excluding hydrogens is 486 g/mol. The van der Waals surface area contributed by atoms with E-state index in [1.54, 1.807) is 18.2 Å². The van der Waals surface area contributed by atoms with E-state index in [9.17, 15) is 9.59 Å². The normalized spacial score (nSPS) is 16.8. The molecule has 1 fully saturated rings. The molecule has 5 heteroatoms. The van der Waals surface area contributed by atoms with Crippen LogP contribution in [-0.2, 0) is 16.1 Å². The van der Waals surface area contributed by atoms with Gasteiger partial charge in [0.25, 0.3) is 0 Å². The van der Waals surface area contributed by atoms with Gasteiger partial charge in [-0.2, -0.15) is 0 Å². The van der Waals surface area contributed by atoms with Gasteiger partial charge in [-0.05, 0) is 85.3 Å². The highest BCUT2D eigenvalue weighted by Gasteiger charge is 2.39. The predicted octanol–water partition coefficient (Wildman–Crippen LogP) is 7.15. The summed E-state index contributed by atoms with van der Waals surface area (Å²) < 4.78 is 11.9. The van der Waals surface area contributed by atoms with Crippen molar-refractivity contribution in [3.8, 4) is 11.5 Å². The average Bonchev–Trinajstić information content (AvgIpc) is 2.96. The predicted molar refractivity (Wildman–Crippen MR) is 150 cm³/mol. The SMILES string of the molecule is O=C(Nc1ccc(Oc2ccccc2)cc1)C(COCc1ccccc1)CC1CCC1C(=O)c1cc#ccc1. The summed E-state index contributed by atoms with van der Waals surface area (Å²) in [6.45, 7) is 0.709. The van der Waals surface area contributed by atoms with Crippen LogP contribution >= 0.6 is 0 Å². The third-order valence-electron chi connectivity index (χ3n) is 7.19. The van der Waals surface area contributed by atoms with E-state index in [2.05, 4.69) is 17.4 Å². The number of Topliss-reactive ketones (excluding diaryl/α,β-unsaturated/α-hetero) is 1. The Kier molecular flexibility index (Phi) is 8.68. The lowest BCUT2D eigenvalue weighted by molar-refractivity contribution is -0.123. The summed E-state index contributed by atoms with van der Waals surface area (Å²) in [5.41, 5.74) is 2.40. The first-order chi connectivity index (χ1) is 19.2. The molecule has 0 spiro atoms. The topological polar surface area (TPSA) is 64.6 Å². The quantitative estimate of drug-likeness (QED) is 0.203. The Bertz CT molecular complexity index is 1340. The number of carbonyl (C=O) groups excluding carboxylic acids is 2. The fraction of sp³-hybridized carbons (Fsp3) is 0.235. The van der Waals surface area contributed by atoms with E-state index in [-0.39, 0.29) is 36.1 Å². The molecule has 5 rings (SSSR count). The van der Waals surface area contributed by atoms with Crippen molar-refractivity contribution < 1.29 is 19.1 Å². The second kappa shape index (κ2) is 12.9. The van der Waals surface area contributed by atoms with Gasteiger partial charge in [0, 0.05) is 17.2 Å². The van der Waals surface area contributed by atoms with Crippen LogP contribution in [-0.4, -0.2) is 18.3 Å². The number of rotatable bonds is 12. The van der Waals surface area contributed by atoms with Gasteiger partial charge in [0.15, 0.2) is 5.78 Å². The van der Waals surface area contributed by atoms with Crippen LogP contribution < -0.4 is 10.1 Å². The monoisotopic (exact) mass is 517 g/mol. The molecule has 1 aliphatic carbocycles. The highest BCUT2D eigenvalue weighted by molar-refractivity contribution is 5.98. The molecule has 196 valence electrons. The Balaban J connectivity index is 1.23. The molecule has 39 heavy (non-hydrogen) atoms. The standard InChI is InChI=1S/C34H31NO4/c36-33(26-12-6-2-7-13-26)32-21-16-27(32)22-28(24-38-23-25-10-4-1-5-11-25)34(37)35-29-17-19-31(20-18-29)39-30-14-8-3-9-15-30/h1,3-6,8-15,17-20,27-28,32H,16,21-24H2,(H,35,37). The van der Waals surface area contributed by atoms with Crippen molar-refractivity contribution >= 4 is 17.4 Å². The molecular formula is C34H31NO4. The zero-order chi connectivity index (χ0) is 26.9. The molecule has 0 bridgehead atoms. The summed E-state index contributed by atoms with van der Waals surface area (Å²) >= 11 is 0. The number of hydrogen-bond acceptors (Lipinski definition) is 4. The largest absolute Gasteiger partial charge is 0.457 e. The molecule has 3 atom stereocenters. The van der Waals surface area contributed by atoms with Gasteiger partial charge in [0.1, 0.15) is 11.5 Å². The molecule has 1 N–H and O–H groups in total. The minimum atomic E-state index is -0.384. The molecule has 0 saturated heterocycles. The minimum Gasteiger partial charge on any atom is -0.457 e. The van der Waals surface area contributed by atoms with Gasteiger partial charge in [-0.1, -0.05) is 60.7 Å². The number of ketones is 1. The Morgan fingerprint density at radius 3 is 2.23 bits per heavy atom. The summed E-state index contributed by atoms with van der Waals surface area (Å²) in [6.07, 6.45) is 2.35. The second-order valence-electron chi connectivity index (χ2n) is 9.89. The smallest absolute Gasteiger partial charge is 0.229 e. The summed E-state index contributed by atoms with van der Waals surface area (Å²) in [6, 6.07) is 37.7. The number of para-hydroxylation sites is 1. The zero-order valence-corrected chi connectivity index (χ0v) is 21.7. The maximum atomic E-state index is 13.4. The highest BCUT2D eigenvalue weighted by Crippen LogP contribution is 2.41. The van der Waals surface area contributed by atoms with E-state index in [1.165, 1.54) is 0 Å². The molecule has 0 aliphatic heterocycles. The maximum Gasteiger partial charge on any atom is 0.229 e. The molecule has 0 radical (unpaired) electrons. The van der Waals surface area contributed by atoms with E-state index in [0.29, 0.717) is 30.0 Å². The van der Waals surface area contributed by atoms with E-state index in [4.69, 9.17) is 9.47 Å². The fourth-order valence-corrected chi connectivity index (χ4v) is 4.90. The molecule has 1 saturated carbocycles. The number of anilines is 1. The van der Waals surface area contributed by atoms with Gasteiger partial charge >= 0.3 is 0 Å². The van der Waals surface area contributed by atoms with Crippen LogP contribution in [0, 0.1) is 29.9 Å². The first-order valence-electron chi connectivity index (χ1n) is 13.3. The van der Waals surface area contributed by atoms with Crippen molar-refractivity contribution in [2.45, 2.75) is 25.9 Å². The molecule has 0 heterocycles. The number of ether oxygens (including phenoxy) is 2. The van der Waals surface area contributed by atoms with Crippen molar-refractivity contribution in [3.05, 3.63) is 126 Å². The molecule has 0 aromatic heterocycles. The van der Waals surface area contributed by atoms with Crippen LogP contribution in [0.25, 0.3) is 0 Å². The van der Waals surface area contributed by atoms with E-state index in [0.717, 1.165) is 24.2 Å². The van der Waals surface area contributed by atoms with Crippen LogP contribution in [0.4, 0.5) is 5.69 Å². The Morgan fingerprint density at radius 2 is 1.56 bits per heavy atom. The molecule has 3 unspecified atom stereocenters. The lowest BCUT2D eigenvalue weighted by atomic mass is 9.66. The lowest BCUT2D eigenvalue weighted by Gasteiger charge is -2.37. The molecule has 1 amide bonds. The Labute approximate surface area is 229 Å². The third-order valence-corrected chi connectivity index (χ3v) is 7.19. The first kappa shape index (κ1) is 26.2. The second-order valence-corrected chi connectivity index (χ2v) is 9.89. The van der Waals surface area contributed by atoms with Crippen LogP contribution in [0.15, 0.2) is 103 Å².